The quantitative estimate of drug-likeness (QED) is 0.710. The molecule has 3 aliphatic rings. The fourth-order valence-corrected chi connectivity index (χ4v) is 4.58. The predicted octanol–water partition coefficient (Wildman–Crippen LogP) is 1.09. The second kappa shape index (κ2) is 8.07. The molecule has 1 aromatic rings. The topological polar surface area (TPSA) is 82.1 Å². The first kappa shape index (κ1) is 20.9. The molecule has 0 radical (unpaired) electrons. The molecule has 3 fully saturated rings. The molecule has 3 unspecified atom stereocenters. The first-order chi connectivity index (χ1) is 14.2. The van der Waals surface area contributed by atoms with Gasteiger partial charge in [0, 0.05) is 38.3 Å². The van der Waals surface area contributed by atoms with E-state index < -0.39 is 24.1 Å². The van der Waals surface area contributed by atoms with Gasteiger partial charge in [0.05, 0.1) is 12.6 Å². The molecule has 3 atom stereocenters. The standard InChI is InChI=1S/C20H24F3N3O4/c21-20(22,23)30-14-3-1-2-12(6-14)19(29)24-7-15-16-9-25(10-17(15)16)11-18(28)26-5-4-13(27)8-26/h1-3,6,13,15-17,27H,4-5,7-11H2,(H,24,29). The first-order valence-electron chi connectivity index (χ1n) is 10.0. The van der Waals surface area contributed by atoms with E-state index in [0.29, 0.717) is 50.4 Å². The Morgan fingerprint density at radius 3 is 2.57 bits per heavy atom. The van der Waals surface area contributed by atoms with Gasteiger partial charge in [0.2, 0.25) is 5.91 Å². The van der Waals surface area contributed by atoms with Gasteiger partial charge in [-0.2, -0.15) is 0 Å². The van der Waals surface area contributed by atoms with Gasteiger partial charge in [-0.25, -0.2) is 0 Å². The zero-order valence-electron chi connectivity index (χ0n) is 16.3. The van der Waals surface area contributed by atoms with Crippen molar-refractivity contribution in [3.8, 4) is 5.75 Å². The van der Waals surface area contributed by atoms with Crippen LogP contribution in [0.4, 0.5) is 13.2 Å². The zero-order chi connectivity index (χ0) is 21.5. The molecular weight excluding hydrogens is 403 g/mol. The van der Waals surface area contributed by atoms with Crippen molar-refractivity contribution < 1.29 is 32.6 Å². The Labute approximate surface area is 171 Å². The normalized spacial score (nSPS) is 28.3. The third-order valence-corrected chi connectivity index (χ3v) is 6.15. The van der Waals surface area contributed by atoms with Crippen LogP contribution in [-0.2, 0) is 4.79 Å². The number of halogens is 3. The fraction of sp³-hybridized carbons (Fsp3) is 0.600. The van der Waals surface area contributed by atoms with Gasteiger partial charge in [-0.1, -0.05) is 6.07 Å². The Kier molecular flexibility index (Phi) is 5.63. The molecule has 164 valence electrons. The maximum absolute atomic E-state index is 12.3. The van der Waals surface area contributed by atoms with Crippen molar-refractivity contribution in [3.05, 3.63) is 29.8 Å². The van der Waals surface area contributed by atoms with Crippen molar-refractivity contribution in [3.63, 3.8) is 0 Å². The summed E-state index contributed by atoms with van der Waals surface area (Å²) < 4.78 is 40.8. The lowest BCUT2D eigenvalue weighted by Gasteiger charge is -2.23. The number of nitrogens with zero attached hydrogens (tertiary/aromatic N) is 2. The van der Waals surface area contributed by atoms with E-state index in [-0.39, 0.29) is 11.5 Å². The molecule has 4 rings (SSSR count). The van der Waals surface area contributed by atoms with E-state index >= 15 is 0 Å². The molecule has 1 saturated carbocycles. The van der Waals surface area contributed by atoms with E-state index in [2.05, 4.69) is 15.0 Å². The highest BCUT2D eigenvalue weighted by Crippen LogP contribution is 2.51. The summed E-state index contributed by atoms with van der Waals surface area (Å²) in [5.41, 5.74) is 0.114. The number of benzene rings is 1. The van der Waals surface area contributed by atoms with Crippen LogP contribution >= 0.6 is 0 Å². The second-order valence-corrected chi connectivity index (χ2v) is 8.25. The van der Waals surface area contributed by atoms with E-state index in [1.807, 2.05) is 0 Å². The number of hydrogen-bond donors (Lipinski definition) is 2. The minimum atomic E-state index is -4.80. The fourth-order valence-electron chi connectivity index (χ4n) is 4.58. The van der Waals surface area contributed by atoms with Crippen molar-refractivity contribution in [1.82, 2.24) is 15.1 Å². The van der Waals surface area contributed by atoms with Crippen LogP contribution in [0.1, 0.15) is 16.8 Å². The number of fused-ring (bicyclic) bond motifs is 1. The molecule has 1 aliphatic carbocycles. The number of hydrogen-bond acceptors (Lipinski definition) is 5. The average molecular weight is 427 g/mol. The van der Waals surface area contributed by atoms with E-state index in [4.69, 9.17) is 0 Å². The number of piperidine rings is 1. The number of nitrogens with one attached hydrogen (secondary N) is 1. The lowest BCUT2D eigenvalue weighted by Crippen LogP contribution is -2.40. The maximum Gasteiger partial charge on any atom is 0.573 e. The molecule has 10 heteroatoms. The van der Waals surface area contributed by atoms with Gasteiger partial charge in [-0.15, -0.1) is 13.2 Å². The Morgan fingerprint density at radius 1 is 1.20 bits per heavy atom. The van der Waals surface area contributed by atoms with Gasteiger partial charge < -0.3 is 20.1 Å². The van der Waals surface area contributed by atoms with Gasteiger partial charge in [-0.05, 0) is 42.4 Å². The van der Waals surface area contributed by atoms with Crippen molar-refractivity contribution in [2.45, 2.75) is 18.9 Å². The molecule has 2 heterocycles. The minimum absolute atomic E-state index is 0.0404. The lowest BCUT2D eigenvalue weighted by molar-refractivity contribution is -0.274. The van der Waals surface area contributed by atoms with Gasteiger partial charge in [0.25, 0.3) is 5.91 Å². The van der Waals surface area contributed by atoms with Crippen LogP contribution in [0.5, 0.6) is 5.75 Å². The molecule has 7 nitrogen and oxygen atoms in total. The van der Waals surface area contributed by atoms with E-state index in [1.54, 1.807) is 4.90 Å². The van der Waals surface area contributed by atoms with Crippen LogP contribution in [0.25, 0.3) is 0 Å². The lowest BCUT2D eigenvalue weighted by atomic mass is 10.2. The zero-order valence-corrected chi connectivity index (χ0v) is 16.3. The number of β-amino-alcohol motifs (C(OH)–C–C–N with tert-alkyl or cyclic N) is 1. The summed E-state index contributed by atoms with van der Waals surface area (Å²) in [6, 6.07) is 5.00. The number of aliphatic hydroxyl groups is 1. The van der Waals surface area contributed by atoms with Gasteiger partial charge >= 0.3 is 6.36 Å². The summed E-state index contributed by atoms with van der Waals surface area (Å²) in [5.74, 6) is 0.336. The van der Waals surface area contributed by atoms with Crippen molar-refractivity contribution in [1.29, 1.82) is 0 Å². The first-order valence-corrected chi connectivity index (χ1v) is 10.0. The number of rotatable bonds is 6. The summed E-state index contributed by atoms with van der Waals surface area (Å²) >= 11 is 0. The number of amides is 2. The molecular formula is C20H24F3N3O4. The van der Waals surface area contributed by atoms with Crippen molar-refractivity contribution in [2.24, 2.45) is 17.8 Å². The highest BCUT2D eigenvalue weighted by molar-refractivity contribution is 5.94. The molecule has 0 spiro atoms. The van der Waals surface area contributed by atoms with Gasteiger partial charge in [0.1, 0.15) is 5.75 Å². The number of aliphatic hydroxyl groups excluding tert-OH is 1. The van der Waals surface area contributed by atoms with Gasteiger partial charge in [-0.3, -0.25) is 14.5 Å². The predicted molar refractivity (Wildman–Crippen MR) is 99.6 cm³/mol. The Morgan fingerprint density at radius 2 is 1.93 bits per heavy atom. The monoisotopic (exact) mass is 427 g/mol. The summed E-state index contributed by atoms with van der Waals surface area (Å²) in [6.45, 7) is 3.40. The largest absolute Gasteiger partial charge is 0.573 e. The van der Waals surface area contributed by atoms with Crippen molar-refractivity contribution in [2.75, 3.05) is 39.3 Å². The highest BCUT2D eigenvalue weighted by atomic mass is 19.4. The summed E-state index contributed by atoms with van der Waals surface area (Å²) in [5, 5.41) is 12.3. The second-order valence-electron chi connectivity index (χ2n) is 8.25. The van der Waals surface area contributed by atoms with Crippen LogP contribution in [0.15, 0.2) is 24.3 Å². The third kappa shape index (κ3) is 4.86. The summed E-state index contributed by atoms with van der Waals surface area (Å²) in [7, 11) is 0. The van der Waals surface area contributed by atoms with Crippen LogP contribution in [-0.4, -0.2) is 78.5 Å². The van der Waals surface area contributed by atoms with Crippen LogP contribution in [0.2, 0.25) is 0 Å². The van der Waals surface area contributed by atoms with E-state index in [0.717, 1.165) is 25.2 Å². The number of ether oxygens (including phenoxy) is 1. The number of likely N-dealkylation sites (tertiary alicyclic amines) is 2. The molecule has 0 bridgehead atoms. The molecule has 30 heavy (non-hydrogen) atoms. The maximum atomic E-state index is 12.3. The molecule has 2 amide bonds. The third-order valence-electron chi connectivity index (χ3n) is 6.15. The van der Waals surface area contributed by atoms with Gasteiger partial charge in [0.15, 0.2) is 0 Å². The molecule has 1 aromatic carbocycles. The van der Waals surface area contributed by atoms with Crippen LogP contribution in [0, 0.1) is 17.8 Å². The number of alkyl halides is 3. The Balaban J connectivity index is 1.20. The summed E-state index contributed by atoms with van der Waals surface area (Å²) in [6.07, 6.45) is -4.60. The van der Waals surface area contributed by atoms with Crippen LogP contribution < -0.4 is 10.1 Å². The summed E-state index contributed by atoms with van der Waals surface area (Å²) in [4.78, 5) is 28.3. The number of carbonyl (C=O) groups is 2. The molecule has 2 saturated heterocycles. The molecule has 2 aliphatic heterocycles. The molecule has 2 N–H and O–H groups in total. The highest BCUT2D eigenvalue weighted by Gasteiger charge is 2.55. The molecule has 0 aromatic heterocycles. The smallest absolute Gasteiger partial charge is 0.406 e. The van der Waals surface area contributed by atoms with Crippen molar-refractivity contribution >= 4 is 11.8 Å². The van der Waals surface area contributed by atoms with E-state index in [9.17, 15) is 27.9 Å². The van der Waals surface area contributed by atoms with Crippen LogP contribution in [0.3, 0.4) is 0 Å². The van der Waals surface area contributed by atoms with E-state index in [1.165, 1.54) is 12.1 Å². The Bertz CT molecular complexity index is 807. The number of carbonyl (C=O) groups excluding carboxylic acids is 2. The SMILES string of the molecule is O=C(NCC1C2CN(CC(=O)N3CCC(O)C3)CC12)c1cccc(OC(F)(F)F)c1. The Hall–Kier alpha value is -2.33. The average Bonchev–Trinajstić information content (AvgIpc) is 2.98. The minimum Gasteiger partial charge on any atom is -0.406 e.